The monoisotopic (exact) mass is 372 g/mol. The first-order valence-corrected chi connectivity index (χ1v) is 7.74. The van der Waals surface area contributed by atoms with E-state index in [1.807, 2.05) is 0 Å². The van der Waals surface area contributed by atoms with Gasteiger partial charge in [-0.3, -0.25) is 0 Å². The number of hydrogen-bond donors (Lipinski definition) is 3. The smallest absolute Gasteiger partial charge is 0.347 e. The number of esters is 1. The third kappa shape index (κ3) is 2.78. The predicted octanol–water partition coefficient (Wildman–Crippen LogP) is 2.33. The molecule has 0 saturated heterocycles. The number of ether oxygens (including phenoxy) is 3. The third-order valence-corrected chi connectivity index (χ3v) is 4.19. The van der Waals surface area contributed by atoms with Crippen molar-refractivity contribution in [1.82, 2.24) is 0 Å². The molecule has 0 saturated carbocycles. The number of hydrazone groups is 1. The molecule has 2 aromatic carbocycles. The molecule has 3 rings (SSSR count). The second-order valence-electron chi connectivity index (χ2n) is 5.81. The molecule has 2 aromatic rings. The van der Waals surface area contributed by atoms with Gasteiger partial charge < -0.3 is 30.3 Å². The van der Waals surface area contributed by atoms with Crippen LogP contribution in [0, 0.1) is 13.8 Å². The zero-order valence-corrected chi connectivity index (χ0v) is 14.7. The second kappa shape index (κ2) is 6.52. The van der Waals surface area contributed by atoms with Gasteiger partial charge in [0, 0.05) is 5.56 Å². The number of phenols is 1. The number of phenolic OH excluding ortho intramolecular Hbond substituents is 1. The molecule has 0 unspecified atom stereocenters. The molecule has 0 aliphatic carbocycles. The summed E-state index contributed by atoms with van der Waals surface area (Å²) in [6.45, 7) is 3.18. The van der Waals surface area contributed by atoms with Crippen LogP contribution in [0.2, 0.25) is 0 Å². The van der Waals surface area contributed by atoms with Crippen LogP contribution in [0.15, 0.2) is 17.2 Å². The largest absolute Gasteiger partial charge is 0.507 e. The van der Waals surface area contributed by atoms with Crippen molar-refractivity contribution < 1.29 is 34.0 Å². The van der Waals surface area contributed by atoms with Crippen molar-refractivity contribution in [2.75, 3.05) is 7.11 Å². The first kappa shape index (κ1) is 18.1. The van der Waals surface area contributed by atoms with E-state index in [2.05, 4.69) is 5.10 Å². The van der Waals surface area contributed by atoms with Gasteiger partial charge in [0.2, 0.25) is 0 Å². The molecule has 0 spiro atoms. The molecule has 0 aromatic heterocycles. The number of benzene rings is 2. The quantitative estimate of drug-likeness (QED) is 0.245. The number of carbonyl (C=O) groups is 2. The Hall–Kier alpha value is -3.75. The highest BCUT2D eigenvalue weighted by Gasteiger charge is 2.33. The van der Waals surface area contributed by atoms with E-state index in [4.69, 9.17) is 20.1 Å². The average molecular weight is 372 g/mol. The van der Waals surface area contributed by atoms with Crippen molar-refractivity contribution in [3.05, 3.63) is 39.9 Å². The molecule has 0 bridgehead atoms. The van der Waals surface area contributed by atoms with Gasteiger partial charge in [0.05, 0.1) is 18.9 Å². The maximum atomic E-state index is 12.7. The van der Waals surface area contributed by atoms with E-state index < -0.39 is 11.9 Å². The van der Waals surface area contributed by atoms with Crippen molar-refractivity contribution in [3.8, 4) is 28.7 Å². The summed E-state index contributed by atoms with van der Waals surface area (Å²) in [6.07, 6.45) is 1.10. The number of rotatable bonds is 3. The van der Waals surface area contributed by atoms with Gasteiger partial charge >= 0.3 is 11.9 Å². The number of aryl methyl sites for hydroxylation is 1. The molecular weight excluding hydrogens is 356 g/mol. The van der Waals surface area contributed by atoms with E-state index in [0.717, 1.165) is 6.21 Å². The van der Waals surface area contributed by atoms with Crippen LogP contribution in [0.3, 0.4) is 0 Å². The molecule has 0 amide bonds. The van der Waals surface area contributed by atoms with Gasteiger partial charge in [-0.25, -0.2) is 9.59 Å². The van der Waals surface area contributed by atoms with Crippen molar-refractivity contribution in [2.24, 2.45) is 10.9 Å². The van der Waals surface area contributed by atoms with E-state index >= 15 is 0 Å². The van der Waals surface area contributed by atoms with Crippen LogP contribution in [0.5, 0.6) is 28.7 Å². The zero-order valence-electron chi connectivity index (χ0n) is 14.7. The Morgan fingerprint density at radius 2 is 1.93 bits per heavy atom. The highest BCUT2D eigenvalue weighted by atomic mass is 16.6. The Kier molecular flexibility index (Phi) is 4.36. The van der Waals surface area contributed by atoms with Crippen LogP contribution in [0.4, 0.5) is 0 Å². The second-order valence-corrected chi connectivity index (χ2v) is 5.81. The standard InChI is InChI=1S/C18H16N2O7/c1-7-4-11(21)10(6-20-19)15-13(7)18(24)27-14-8(2)12(25-3)5-9(17(22)23)16(14)26-15/h4-6,21H,19H2,1-3H3,(H,22,23)/b20-6-. The van der Waals surface area contributed by atoms with Crippen LogP contribution >= 0.6 is 0 Å². The average Bonchev–Trinajstić information content (AvgIpc) is 2.75. The van der Waals surface area contributed by atoms with Crippen molar-refractivity contribution >= 4 is 18.2 Å². The molecule has 0 radical (unpaired) electrons. The van der Waals surface area contributed by atoms with Gasteiger partial charge in [-0.15, -0.1) is 0 Å². The Balaban J connectivity index is 2.40. The minimum atomic E-state index is -1.31. The maximum absolute atomic E-state index is 12.7. The predicted molar refractivity (Wildman–Crippen MR) is 94.3 cm³/mol. The van der Waals surface area contributed by atoms with Gasteiger partial charge in [-0.2, -0.15) is 5.10 Å². The lowest BCUT2D eigenvalue weighted by atomic mass is 10.0. The van der Waals surface area contributed by atoms with Crippen LogP contribution < -0.4 is 20.1 Å². The molecule has 27 heavy (non-hydrogen) atoms. The Morgan fingerprint density at radius 1 is 1.22 bits per heavy atom. The number of aromatic carboxylic acids is 1. The minimum absolute atomic E-state index is 0.0210. The first-order valence-electron chi connectivity index (χ1n) is 7.74. The van der Waals surface area contributed by atoms with Gasteiger partial charge in [0.1, 0.15) is 22.6 Å². The molecule has 9 nitrogen and oxygen atoms in total. The maximum Gasteiger partial charge on any atom is 0.347 e. The number of aromatic hydroxyl groups is 1. The fourth-order valence-corrected chi connectivity index (χ4v) is 2.89. The molecule has 0 fully saturated rings. The number of methoxy groups -OCH3 is 1. The fourth-order valence-electron chi connectivity index (χ4n) is 2.89. The van der Waals surface area contributed by atoms with E-state index in [1.54, 1.807) is 13.8 Å². The summed E-state index contributed by atoms with van der Waals surface area (Å²) in [7, 11) is 1.37. The molecule has 140 valence electrons. The molecule has 1 aliphatic rings. The number of hydrogen-bond acceptors (Lipinski definition) is 8. The lowest BCUT2D eigenvalue weighted by Gasteiger charge is -2.16. The summed E-state index contributed by atoms with van der Waals surface area (Å²) in [5, 5.41) is 23.1. The van der Waals surface area contributed by atoms with Crippen LogP contribution in [-0.4, -0.2) is 35.5 Å². The Morgan fingerprint density at radius 3 is 2.52 bits per heavy atom. The molecule has 1 heterocycles. The van der Waals surface area contributed by atoms with Gasteiger partial charge in [0.25, 0.3) is 0 Å². The van der Waals surface area contributed by atoms with Crippen molar-refractivity contribution in [3.63, 3.8) is 0 Å². The summed E-state index contributed by atoms with van der Waals surface area (Å²) in [6, 6.07) is 2.60. The number of carboxylic acids is 1. The molecule has 0 atom stereocenters. The lowest BCUT2D eigenvalue weighted by Crippen LogP contribution is -2.11. The normalized spacial score (nSPS) is 12.6. The summed E-state index contributed by atoms with van der Waals surface area (Å²) >= 11 is 0. The third-order valence-electron chi connectivity index (χ3n) is 4.19. The topological polar surface area (TPSA) is 141 Å². The zero-order chi connectivity index (χ0) is 19.9. The summed E-state index contributed by atoms with van der Waals surface area (Å²) in [4.78, 5) is 24.5. The Labute approximate surface area is 153 Å². The minimum Gasteiger partial charge on any atom is -0.507 e. The van der Waals surface area contributed by atoms with E-state index in [-0.39, 0.29) is 45.4 Å². The van der Waals surface area contributed by atoms with E-state index in [9.17, 15) is 19.8 Å². The van der Waals surface area contributed by atoms with Gasteiger partial charge in [-0.1, -0.05) is 0 Å². The van der Waals surface area contributed by atoms with Crippen LogP contribution in [0.1, 0.15) is 37.4 Å². The highest BCUT2D eigenvalue weighted by molar-refractivity contribution is 6.03. The molecule has 9 heteroatoms. The number of carbonyl (C=O) groups excluding carboxylic acids is 1. The van der Waals surface area contributed by atoms with Crippen LogP contribution in [0.25, 0.3) is 0 Å². The number of nitrogens with two attached hydrogens (primary N) is 1. The molecule has 4 N–H and O–H groups in total. The van der Waals surface area contributed by atoms with Gasteiger partial charge in [0.15, 0.2) is 17.2 Å². The van der Waals surface area contributed by atoms with Crippen LogP contribution in [-0.2, 0) is 0 Å². The fraction of sp³-hybridized carbons (Fsp3) is 0.167. The number of carboxylic acid groups (broad SMARTS) is 1. The summed E-state index contributed by atoms with van der Waals surface area (Å²) in [5.41, 5.74) is 0.525. The molecule has 1 aliphatic heterocycles. The number of fused-ring (bicyclic) bond motifs is 2. The summed E-state index contributed by atoms with van der Waals surface area (Å²) < 4.78 is 16.4. The first-order chi connectivity index (χ1) is 12.8. The van der Waals surface area contributed by atoms with Crippen molar-refractivity contribution in [2.45, 2.75) is 13.8 Å². The number of nitrogens with zero attached hydrogens (tertiary/aromatic N) is 1. The SMILES string of the molecule is COc1cc(C(=O)O)c2c(c1C)OC(=O)c1c(C)cc(O)c(/C=N\N)c1O2. The Bertz CT molecular complexity index is 1010. The lowest BCUT2D eigenvalue weighted by molar-refractivity contribution is 0.0685. The van der Waals surface area contributed by atoms with Crippen molar-refractivity contribution in [1.29, 1.82) is 0 Å². The van der Waals surface area contributed by atoms with Gasteiger partial charge in [-0.05, 0) is 31.5 Å². The summed E-state index contributed by atoms with van der Waals surface area (Å²) in [5.74, 6) is 2.71. The molecular formula is C18H16N2O7. The van der Waals surface area contributed by atoms with E-state index in [0.29, 0.717) is 11.1 Å². The van der Waals surface area contributed by atoms with E-state index in [1.165, 1.54) is 19.2 Å². The highest BCUT2D eigenvalue weighted by Crippen LogP contribution is 2.48.